The topological polar surface area (TPSA) is 65.2 Å². The minimum atomic E-state index is -0.652. The molecule has 0 N–H and O–H groups in total. The van der Waals surface area contributed by atoms with Gasteiger partial charge >= 0.3 is 5.97 Å². The minimum absolute atomic E-state index is 0.127. The van der Waals surface area contributed by atoms with Crippen LogP contribution in [0.15, 0.2) is 59.1 Å². The van der Waals surface area contributed by atoms with Gasteiger partial charge in [-0.05, 0) is 24.3 Å². The lowest BCUT2D eigenvalue weighted by atomic mass is 10.2. The molecule has 1 heterocycles. The number of aromatic nitrogens is 2. The molecule has 0 aliphatic rings. The number of carbonyl (C=O) groups excluding carboxylic acids is 1. The largest absolute Gasteiger partial charge is 0.452 e. The number of hydrogen-bond donors (Lipinski definition) is 0. The van der Waals surface area contributed by atoms with Crippen LogP contribution < -0.4 is 0 Å². The Labute approximate surface area is 147 Å². The zero-order valence-electron chi connectivity index (χ0n) is 12.9. The first-order valence-corrected chi connectivity index (χ1v) is 7.68. The third-order valence-electron chi connectivity index (χ3n) is 3.22. The van der Waals surface area contributed by atoms with Crippen LogP contribution in [0.3, 0.4) is 0 Å². The lowest BCUT2D eigenvalue weighted by molar-refractivity contribution is -0.139. The van der Waals surface area contributed by atoms with Crippen molar-refractivity contribution in [1.82, 2.24) is 10.1 Å². The SMILES string of the molecule is O=C(/C=C/c1ccccc1F)OCc1nc(-c2ccccc2Cl)no1. The van der Waals surface area contributed by atoms with Crippen molar-refractivity contribution in [1.29, 1.82) is 0 Å². The fourth-order valence-electron chi connectivity index (χ4n) is 2.01. The maximum absolute atomic E-state index is 13.4. The summed E-state index contributed by atoms with van der Waals surface area (Å²) in [6.07, 6.45) is 2.46. The average Bonchev–Trinajstić information content (AvgIpc) is 3.08. The number of rotatable bonds is 5. The van der Waals surface area contributed by atoms with Gasteiger partial charge < -0.3 is 9.26 Å². The lowest BCUT2D eigenvalue weighted by Crippen LogP contribution is -2.01. The molecule has 2 aromatic carbocycles. The number of nitrogens with zero attached hydrogens (tertiary/aromatic N) is 2. The van der Waals surface area contributed by atoms with Gasteiger partial charge in [0.1, 0.15) is 5.82 Å². The molecule has 126 valence electrons. The Morgan fingerprint density at radius 3 is 2.76 bits per heavy atom. The zero-order chi connectivity index (χ0) is 17.6. The number of benzene rings is 2. The van der Waals surface area contributed by atoms with Gasteiger partial charge in [-0.25, -0.2) is 9.18 Å². The van der Waals surface area contributed by atoms with Gasteiger partial charge in [-0.1, -0.05) is 47.1 Å². The van der Waals surface area contributed by atoms with Crippen molar-refractivity contribution in [3.8, 4) is 11.4 Å². The molecule has 0 saturated carbocycles. The molecule has 7 heteroatoms. The van der Waals surface area contributed by atoms with E-state index in [2.05, 4.69) is 10.1 Å². The molecule has 0 aliphatic heterocycles. The summed E-state index contributed by atoms with van der Waals surface area (Å²) in [5.41, 5.74) is 0.906. The van der Waals surface area contributed by atoms with Gasteiger partial charge in [0.25, 0.3) is 5.89 Å². The molecule has 0 unspecified atom stereocenters. The van der Waals surface area contributed by atoms with Crippen LogP contribution >= 0.6 is 11.6 Å². The second-order valence-electron chi connectivity index (χ2n) is 4.95. The predicted molar refractivity (Wildman–Crippen MR) is 90.0 cm³/mol. The fraction of sp³-hybridized carbons (Fsp3) is 0.0556. The summed E-state index contributed by atoms with van der Waals surface area (Å²) in [6, 6.07) is 13.1. The molecule has 25 heavy (non-hydrogen) atoms. The van der Waals surface area contributed by atoms with Gasteiger partial charge in [-0.3, -0.25) is 0 Å². The van der Waals surface area contributed by atoms with E-state index in [9.17, 15) is 9.18 Å². The van der Waals surface area contributed by atoms with Gasteiger partial charge in [0.05, 0.1) is 5.02 Å². The maximum Gasteiger partial charge on any atom is 0.331 e. The highest BCUT2D eigenvalue weighted by molar-refractivity contribution is 6.33. The molecular weight excluding hydrogens is 347 g/mol. The quantitative estimate of drug-likeness (QED) is 0.503. The van der Waals surface area contributed by atoms with E-state index in [4.69, 9.17) is 20.9 Å². The first kappa shape index (κ1) is 16.9. The number of halogens is 2. The molecule has 0 fully saturated rings. The fourth-order valence-corrected chi connectivity index (χ4v) is 2.23. The number of hydrogen-bond acceptors (Lipinski definition) is 5. The Morgan fingerprint density at radius 1 is 1.20 bits per heavy atom. The normalized spacial score (nSPS) is 11.0. The molecule has 0 saturated heterocycles. The Kier molecular flexibility index (Phi) is 5.20. The van der Waals surface area contributed by atoms with Crippen LogP contribution in [-0.2, 0) is 16.1 Å². The highest BCUT2D eigenvalue weighted by atomic mass is 35.5. The van der Waals surface area contributed by atoms with E-state index in [0.717, 1.165) is 6.08 Å². The van der Waals surface area contributed by atoms with Crippen LogP contribution in [0.4, 0.5) is 4.39 Å². The van der Waals surface area contributed by atoms with E-state index < -0.39 is 11.8 Å². The van der Waals surface area contributed by atoms with Crippen LogP contribution in [0.5, 0.6) is 0 Å². The van der Waals surface area contributed by atoms with Crippen molar-refractivity contribution in [2.75, 3.05) is 0 Å². The molecule has 0 aliphatic carbocycles. The lowest BCUT2D eigenvalue weighted by Gasteiger charge is -1.98. The standard InChI is InChI=1S/C18H12ClFN2O3/c19-14-7-3-2-6-13(14)18-21-16(25-22-18)11-24-17(23)10-9-12-5-1-4-8-15(12)20/h1-10H,11H2/b10-9+. The maximum atomic E-state index is 13.4. The number of carbonyl (C=O) groups is 1. The van der Waals surface area contributed by atoms with Crippen LogP contribution in [0.1, 0.15) is 11.5 Å². The van der Waals surface area contributed by atoms with Crippen molar-refractivity contribution in [3.63, 3.8) is 0 Å². The molecule has 0 atom stereocenters. The monoisotopic (exact) mass is 358 g/mol. The molecule has 5 nitrogen and oxygen atoms in total. The minimum Gasteiger partial charge on any atom is -0.452 e. The van der Waals surface area contributed by atoms with Crippen molar-refractivity contribution in [2.24, 2.45) is 0 Å². The highest BCUT2D eigenvalue weighted by Crippen LogP contribution is 2.24. The van der Waals surface area contributed by atoms with E-state index in [1.165, 1.54) is 12.1 Å². The van der Waals surface area contributed by atoms with E-state index in [1.807, 2.05) is 0 Å². The molecule has 0 radical (unpaired) electrons. The van der Waals surface area contributed by atoms with E-state index in [-0.39, 0.29) is 12.5 Å². The second-order valence-corrected chi connectivity index (χ2v) is 5.36. The second kappa shape index (κ2) is 7.72. The third-order valence-corrected chi connectivity index (χ3v) is 3.55. The van der Waals surface area contributed by atoms with Crippen LogP contribution in [0, 0.1) is 5.82 Å². The van der Waals surface area contributed by atoms with Crippen molar-refractivity contribution >= 4 is 23.6 Å². The summed E-state index contributed by atoms with van der Waals surface area (Å²) >= 11 is 6.06. The molecular formula is C18H12ClFN2O3. The summed E-state index contributed by atoms with van der Waals surface area (Å²) in [5, 5.41) is 4.29. The Morgan fingerprint density at radius 2 is 1.96 bits per heavy atom. The van der Waals surface area contributed by atoms with Crippen molar-refractivity contribution in [3.05, 3.63) is 76.9 Å². The van der Waals surface area contributed by atoms with Crippen molar-refractivity contribution < 1.29 is 18.4 Å². The first-order chi connectivity index (χ1) is 12.1. The van der Waals surface area contributed by atoms with E-state index in [1.54, 1.807) is 42.5 Å². The molecule has 0 bridgehead atoms. The number of ether oxygens (including phenoxy) is 1. The van der Waals surface area contributed by atoms with E-state index in [0.29, 0.717) is 22.0 Å². The smallest absolute Gasteiger partial charge is 0.331 e. The highest BCUT2D eigenvalue weighted by Gasteiger charge is 2.12. The van der Waals surface area contributed by atoms with Gasteiger partial charge in [-0.15, -0.1) is 0 Å². The Hall–Kier alpha value is -2.99. The number of esters is 1. The van der Waals surface area contributed by atoms with Crippen LogP contribution in [0.25, 0.3) is 17.5 Å². The summed E-state index contributed by atoms with van der Waals surface area (Å²) in [4.78, 5) is 15.8. The third kappa shape index (κ3) is 4.30. The van der Waals surface area contributed by atoms with E-state index >= 15 is 0 Å². The molecule has 3 aromatic rings. The summed E-state index contributed by atoms with van der Waals surface area (Å²) in [5.74, 6) is -0.644. The molecule has 0 spiro atoms. The molecule has 1 aromatic heterocycles. The Bertz CT molecular complexity index is 924. The Balaban J connectivity index is 1.60. The summed E-state index contributed by atoms with van der Waals surface area (Å²) in [7, 11) is 0. The van der Waals surface area contributed by atoms with Crippen LogP contribution in [0.2, 0.25) is 5.02 Å². The summed E-state index contributed by atoms with van der Waals surface area (Å²) in [6.45, 7) is -0.197. The summed E-state index contributed by atoms with van der Waals surface area (Å²) < 4.78 is 23.5. The van der Waals surface area contributed by atoms with Crippen LogP contribution in [-0.4, -0.2) is 16.1 Å². The predicted octanol–water partition coefficient (Wildman–Crippen LogP) is 4.29. The molecule has 0 amide bonds. The molecule has 3 rings (SSSR count). The van der Waals surface area contributed by atoms with Gasteiger partial charge in [0.2, 0.25) is 5.82 Å². The van der Waals surface area contributed by atoms with Gasteiger partial charge in [0.15, 0.2) is 6.61 Å². The van der Waals surface area contributed by atoms with Gasteiger partial charge in [-0.2, -0.15) is 4.98 Å². The average molecular weight is 359 g/mol. The van der Waals surface area contributed by atoms with Gasteiger partial charge in [0, 0.05) is 17.2 Å². The zero-order valence-corrected chi connectivity index (χ0v) is 13.6. The first-order valence-electron chi connectivity index (χ1n) is 7.30. The van der Waals surface area contributed by atoms with Crippen molar-refractivity contribution in [2.45, 2.75) is 6.61 Å².